The lowest BCUT2D eigenvalue weighted by Crippen LogP contribution is -2.22. The summed E-state index contributed by atoms with van der Waals surface area (Å²) in [4.78, 5) is 12.1. The van der Waals surface area contributed by atoms with Crippen LogP contribution in [0.15, 0.2) is 41.5 Å². The van der Waals surface area contributed by atoms with Crippen molar-refractivity contribution in [3.05, 3.63) is 58.7 Å². The zero-order chi connectivity index (χ0) is 16.4. The third-order valence-electron chi connectivity index (χ3n) is 4.05. The molecule has 1 aliphatic rings. The van der Waals surface area contributed by atoms with Crippen LogP contribution < -0.4 is 5.43 Å². The largest absolute Gasteiger partial charge is 0.508 e. The zero-order valence-corrected chi connectivity index (χ0v) is 12.8. The van der Waals surface area contributed by atoms with E-state index in [0.717, 1.165) is 29.5 Å². The Bertz CT molecular complexity index is 797. The van der Waals surface area contributed by atoms with E-state index in [1.807, 2.05) is 13.0 Å². The van der Waals surface area contributed by atoms with Crippen molar-refractivity contribution >= 4 is 11.6 Å². The number of hydrogen-bond donors (Lipinski definition) is 3. The lowest BCUT2D eigenvalue weighted by atomic mass is 9.86. The Hall–Kier alpha value is -2.82. The van der Waals surface area contributed by atoms with E-state index in [0.29, 0.717) is 17.7 Å². The topological polar surface area (TPSA) is 81.9 Å². The Balaban J connectivity index is 1.88. The Kier molecular flexibility index (Phi) is 4.02. The summed E-state index contributed by atoms with van der Waals surface area (Å²) in [5.41, 5.74) is 6.45. The van der Waals surface area contributed by atoms with Gasteiger partial charge in [0.15, 0.2) is 0 Å². The number of amides is 1. The summed E-state index contributed by atoms with van der Waals surface area (Å²) in [6, 6.07) is 9.63. The summed E-state index contributed by atoms with van der Waals surface area (Å²) in [5.74, 6) is -0.176. The summed E-state index contributed by atoms with van der Waals surface area (Å²) in [5, 5.41) is 23.8. The van der Waals surface area contributed by atoms with E-state index < -0.39 is 5.91 Å². The quantitative estimate of drug-likeness (QED) is 0.746. The maximum absolute atomic E-state index is 12.1. The standard InChI is InChI=1S/C18H18N2O3/c1-11-8-9-16(22)17-14(11)6-3-7-15(17)19-20-18(23)12-4-2-5-13(21)10-12/h2,4-5,8-10,21-22H,3,6-7H2,1H3,(H,20,23)/b19-15+. The Morgan fingerprint density at radius 1 is 1.17 bits per heavy atom. The molecule has 2 aromatic carbocycles. The van der Waals surface area contributed by atoms with Crippen molar-refractivity contribution in [2.75, 3.05) is 0 Å². The lowest BCUT2D eigenvalue weighted by molar-refractivity contribution is 0.0954. The number of aryl methyl sites for hydroxylation is 1. The summed E-state index contributed by atoms with van der Waals surface area (Å²) >= 11 is 0. The molecule has 1 amide bonds. The molecule has 5 nitrogen and oxygen atoms in total. The maximum atomic E-state index is 12.1. The molecule has 0 radical (unpaired) electrons. The summed E-state index contributed by atoms with van der Waals surface area (Å²) < 4.78 is 0. The maximum Gasteiger partial charge on any atom is 0.271 e. The molecule has 3 N–H and O–H groups in total. The smallest absolute Gasteiger partial charge is 0.271 e. The van der Waals surface area contributed by atoms with Gasteiger partial charge in [0, 0.05) is 11.1 Å². The highest BCUT2D eigenvalue weighted by Crippen LogP contribution is 2.31. The fraction of sp³-hybridized carbons (Fsp3) is 0.222. The Labute approximate surface area is 134 Å². The number of hydrazone groups is 1. The van der Waals surface area contributed by atoms with E-state index >= 15 is 0 Å². The molecule has 0 aliphatic heterocycles. The van der Waals surface area contributed by atoms with Crippen molar-refractivity contribution in [2.24, 2.45) is 5.10 Å². The molecule has 0 atom stereocenters. The van der Waals surface area contributed by atoms with Crippen LogP contribution in [0.3, 0.4) is 0 Å². The molecule has 118 valence electrons. The van der Waals surface area contributed by atoms with Crippen LogP contribution in [0.5, 0.6) is 11.5 Å². The van der Waals surface area contributed by atoms with Crippen molar-refractivity contribution in [3.63, 3.8) is 0 Å². The number of benzene rings is 2. The van der Waals surface area contributed by atoms with Gasteiger partial charge in [-0.3, -0.25) is 4.79 Å². The average molecular weight is 310 g/mol. The van der Waals surface area contributed by atoms with E-state index in [-0.39, 0.29) is 11.5 Å². The molecule has 0 spiro atoms. The highest BCUT2D eigenvalue weighted by atomic mass is 16.3. The third kappa shape index (κ3) is 3.04. The van der Waals surface area contributed by atoms with Gasteiger partial charge in [0.25, 0.3) is 5.91 Å². The second-order valence-electron chi connectivity index (χ2n) is 5.66. The number of fused-ring (bicyclic) bond motifs is 1. The van der Waals surface area contributed by atoms with Crippen LogP contribution >= 0.6 is 0 Å². The van der Waals surface area contributed by atoms with Crippen molar-refractivity contribution in [1.29, 1.82) is 0 Å². The highest BCUT2D eigenvalue weighted by molar-refractivity contribution is 6.06. The monoisotopic (exact) mass is 310 g/mol. The minimum atomic E-state index is -0.396. The van der Waals surface area contributed by atoms with Crippen LogP contribution in [0, 0.1) is 6.92 Å². The molecule has 1 aliphatic carbocycles. The fourth-order valence-electron chi connectivity index (χ4n) is 2.88. The van der Waals surface area contributed by atoms with Crippen LogP contribution in [0.4, 0.5) is 0 Å². The molecule has 0 saturated carbocycles. The van der Waals surface area contributed by atoms with E-state index in [1.54, 1.807) is 18.2 Å². The number of hydrogen-bond acceptors (Lipinski definition) is 4. The van der Waals surface area contributed by atoms with Gasteiger partial charge in [-0.15, -0.1) is 0 Å². The molecule has 0 fully saturated rings. The second kappa shape index (κ2) is 6.12. The van der Waals surface area contributed by atoms with Gasteiger partial charge in [-0.1, -0.05) is 12.1 Å². The molecule has 0 bridgehead atoms. The van der Waals surface area contributed by atoms with E-state index in [2.05, 4.69) is 10.5 Å². The Morgan fingerprint density at radius 3 is 2.78 bits per heavy atom. The zero-order valence-electron chi connectivity index (χ0n) is 12.8. The predicted molar refractivity (Wildman–Crippen MR) is 87.9 cm³/mol. The highest BCUT2D eigenvalue weighted by Gasteiger charge is 2.21. The van der Waals surface area contributed by atoms with Gasteiger partial charge in [0.2, 0.25) is 0 Å². The van der Waals surface area contributed by atoms with Crippen molar-refractivity contribution < 1.29 is 15.0 Å². The van der Waals surface area contributed by atoms with Gasteiger partial charge in [0.05, 0.1) is 5.71 Å². The van der Waals surface area contributed by atoms with Gasteiger partial charge >= 0.3 is 0 Å². The SMILES string of the molecule is Cc1ccc(O)c2c1CCC/C2=N\NC(=O)c1cccc(O)c1. The molecular formula is C18H18N2O3. The number of carbonyl (C=O) groups is 1. The third-order valence-corrected chi connectivity index (χ3v) is 4.05. The number of nitrogens with zero attached hydrogens (tertiary/aromatic N) is 1. The summed E-state index contributed by atoms with van der Waals surface area (Å²) in [6.07, 6.45) is 2.53. The number of nitrogens with one attached hydrogen (secondary N) is 1. The van der Waals surface area contributed by atoms with Crippen molar-refractivity contribution in [2.45, 2.75) is 26.2 Å². The van der Waals surface area contributed by atoms with Crippen LogP contribution in [0.1, 0.15) is 39.9 Å². The second-order valence-corrected chi connectivity index (χ2v) is 5.66. The van der Waals surface area contributed by atoms with E-state index in [1.165, 1.54) is 12.1 Å². The molecule has 23 heavy (non-hydrogen) atoms. The number of rotatable bonds is 2. The Morgan fingerprint density at radius 2 is 2.00 bits per heavy atom. The van der Waals surface area contributed by atoms with Crippen LogP contribution in [0.25, 0.3) is 0 Å². The van der Waals surface area contributed by atoms with Gasteiger partial charge in [-0.05, 0) is 61.6 Å². The first-order chi connectivity index (χ1) is 11.1. The van der Waals surface area contributed by atoms with Crippen molar-refractivity contribution in [1.82, 2.24) is 5.43 Å². The predicted octanol–water partition coefficient (Wildman–Crippen LogP) is 2.88. The van der Waals surface area contributed by atoms with Gasteiger partial charge in [-0.25, -0.2) is 5.43 Å². The molecule has 3 rings (SSSR count). The first-order valence-electron chi connectivity index (χ1n) is 7.54. The first kappa shape index (κ1) is 15.1. The van der Waals surface area contributed by atoms with Gasteiger partial charge in [-0.2, -0.15) is 5.10 Å². The summed E-state index contributed by atoms with van der Waals surface area (Å²) in [7, 11) is 0. The van der Waals surface area contributed by atoms with Gasteiger partial charge in [0.1, 0.15) is 11.5 Å². The minimum absolute atomic E-state index is 0.0292. The normalized spacial score (nSPS) is 15.3. The molecule has 0 unspecified atom stereocenters. The van der Waals surface area contributed by atoms with Crippen LogP contribution in [-0.2, 0) is 6.42 Å². The van der Waals surface area contributed by atoms with Crippen molar-refractivity contribution in [3.8, 4) is 11.5 Å². The average Bonchev–Trinajstić information content (AvgIpc) is 2.56. The first-order valence-corrected chi connectivity index (χ1v) is 7.54. The van der Waals surface area contributed by atoms with E-state index in [4.69, 9.17) is 0 Å². The van der Waals surface area contributed by atoms with Gasteiger partial charge < -0.3 is 10.2 Å². The number of aromatic hydroxyl groups is 2. The van der Waals surface area contributed by atoms with Crippen LogP contribution in [0.2, 0.25) is 0 Å². The number of phenols is 2. The number of phenolic OH excluding ortho intramolecular Hbond substituents is 2. The van der Waals surface area contributed by atoms with E-state index in [9.17, 15) is 15.0 Å². The molecular weight excluding hydrogens is 292 g/mol. The molecule has 2 aromatic rings. The fourth-order valence-corrected chi connectivity index (χ4v) is 2.88. The number of carbonyl (C=O) groups excluding carboxylic acids is 1. The molecule has 0 aromatic heterocycles. The molecule has 5 heteroatoms. The summed E-state index contributed by atoms with van der Waals surface area (Å²) in [6.45, 7) is 2.01. The molecule has 0 saturated heterocycles. The minimum Gasteiger partial charge on any atom is -0.508 e. The molecule has 0 heterocycles. The van der Waals surface area contributed by atoms with Crippen LogP contribution in [-0.4, -0.2) is 21.8 Å². The lowest BCUT2D eigenvalue weighted by Gasteiger charge is -2.21.